The van der Waals surface area contributed by atoms with Gasteiger partial charge < -0.3 is 19.5 Å². The fraction of sp³-hybridized carbons (Fsp3) is 0.211. The van der Waals surface area contributed by atoms with Gasteiger partial charge in [0.25, 0.3) is 5.91 Å². The molecule has 0 saturated carbocycles. The molecule has 26 heavy (non-hydrogen) atoms. The van der Waals surface area contributed by atoms with Gasteiger partial charge in [0.2, 0.25) is 12.7 Å². The summed E-state index contributed by atoms with van der Waals surface area (Å²) in [5.41, 5.74) is 4.21. The van der Waals surface area contributed by atoms with Crippen molar-refractivity contribution in [3.05, 3.63) is 47.2 Å². The van der Waals surface area contributed by atoms with Crippen LogP contribution in [0.5, 0.6) is 17.4 Å². The molecule has 0 bridgehead atoms. The quantitative estimate of drug-likeness (QED) is 0.780. The Morgan fingerprint density at radius 3 is 2.46 bits per heavy atom. The molecule has 0 saturated heterocycles. The fourth-order valence-electron chi connectivity index (χ4n) is 2.75. The predicted molar refractivity (Wildman–Crippen MR) is 96.1 cm³/mol. The average Bonchev–Trinajstić information content (AvgIpc) is 3.09. The van der Waals surface area contributed by atoms with Crippen LogP contribution in [0.15, 0.2) is 30.3 Å². The number of amides is 1. The lowest BCUT2D eigenvalue weighted by molar-refractivity contribution is 0.101. The minimum atomic E-state index is -0.409. The average molecular weight is 351 g/mol. The van der Waals surface area contributed by atoms with Gasteiger partial charge in [0.1, 0.15) is 0 Å². The van der Waals surface area contributed by atoms with E-state index in [1.807, 2.05) is 26.0 Å². The summed E-state index contributed by atoms with van der Waals surface area (Å²) in [4.78, 5) is 21.6. The van der Waals surface area contributed by atoms with Crippen molar-refractivity contribution in [1.29, 1.82) is 0 Å². The predicted octanol–water partition coefficient (Wildman–Crippen LogP) is 3.24. The summed E-state index contributed by atoms with van der Waals surface area (Å²) in [6.07, 6.45) is 0. The van der Waals surface area contributed by atoms with Crippen molar-refractivity contribution in [3.63, 3.8) is 0 Å². The standard InChI is InChI=1S/C19H17N3O4/c1-10-6-13-14(7-11(10)2)22-19(24-3)17(21-13)18(23)20-12-4-5-15-16(8-12)26-9-25-15/h4-8H,9H2,1-3H3,(H,20,23). The number of anilines is 1. The highest BCUT2D eigenvalue weighted by molar-refractivity contribution is 6.05. The third-order valence-electron chi connectivity index (χ3n) is 4.29. The van der Waals surface area contributed by atoms with Gasteiger partial charge in [-0.15, -0.1) is 0 Å². The minimum Gasteiger partial charge on any atom is -0.479 e. The Kier molecular flexibility index (Phi) is 3.84. The Labute approximate surface area is 149 Å². The van der Waals surface area contributed by atoms with E-state index in [-0.39, 0.29) is 18.4 Å². The normalized spacial score (nSPS) is 12.3. The van der Waals surface area contributed by atoms with Crippen molar-refractivity contribution in [1.82, 2.24) is 9.97 Å². The molecule has 0 atom stereocenters. The maximum Gasteiger partial charge on any atom is 0.279 e. The second-order valence-electron chi connectivity index (χ2n) is 6.03. The Hall–Kier alpha value is -3.35. The summed E-state index contributed by atoms with van der Waals surface area (Å²) in [6.45, 7) is 4.17. The SMILES string of the molecule is COc1nc2cc(C)c(C)cc2nc1C(=O)Nc1ccc2c(c1)OCO2. The number of aromatic nitrogens is 2. The van der Waals surface area contributed by atoms with E-state index < -0.39 is 5.91 Å². The number of fused-ring (bicyclic) bond motifs is 2. The molecule has 1 N–H and O–H groups in total. The zero-order chi connectivity index (χ0) is 18.3. The van der Waals surface area contributed by atoms with Crippen LogP contribution in [0, 0.1) is 13.8 Å². The Morgan fingerprint density at radius 2 is 1.73 bits per heavy atom. The number of hydrogen-bond donors (Lipinski definition) is 1. The van der Waals surface area contributed by atoms with Crippen LogP contribution >= 0.6 is 0 Å². The third kappa shape index (κ3) is 2.77. The second-order valence-corrected chi connectivity index (χ2v) is 6.03. The lowest BCUT2D eigenvalue weighted by Crippen LogP contribution is -2.16. The van der Waals surface area contributed by atoms with Gasteiger partial charge in [0, 0.05) is 11.8 Å². The number of aryl methyl sites for hydroxylation is 2. The first-order chi connectivity index (χ1) is 12.5. The molecule has 132 valence electrons. The number of ether oxygens (including phenoxy) is 3. The van der Waals surface area contributed by atoms with E-state index in [9.17, 15) is 4.79 Å². The van der Waals surface area contributed by atoms with Crippen LogP contribution < -0.4 is 19.5 Å². The molecule has 0 aliphatic carbocycles. The lowest BCUT2D eigenvalue weighted by atomic mass is 10.1. The molecule has 3 aromatic rings. The van der Waals surface area contributed by atoms with Gasteiger partial charge >= 0.3 is 0 Å². The minimum absolute atomic E-state index is 0.126. The third-order valence-corrected chi connectivity index (χ3v) is 4.29. The summed E-state index contributed by atoms with van der Waals surface area (Å²) in [7, 11) is 1.47. The Morgan fingerprint density at radius 1 is 1.04 bits per heavy atom. The van der Waals surface area contributed by atoms with Gasteiger partial charge in [-0.25, -0.2) is 9.97 Å². The largest absolute Gasteiger partial charge is 0.479 e. The highest BCUT2D eigenvalue weighted by atomic mass is 16.7. The molecular formula is C19H17N3O4. The van der Waals surface area contributed by atoms with Crippen LogP contribution in [0.25, 0.3) is 11.0 Å². The van der Waals surface area contributed by atoms with Gasteiger partial charge in [-0.3, -0.25) is 4.79 Å². The van der Waals surface area contributed by atoms with Crippen LogP contribution in [0.3, 0.4) is 0 Å². The van der Waals surface area contributed by atoms with E-state index in [2.05, 4.69) is 15.3 Å². The number of methoxy groups -OCH3 is 1. The monoisotopic (exact) mass is 351 g/mol. The topological polar surface area (TPSA) is 82.6 Å². The van der Waals surface area contributed by atoms with Crippen molar-refractivity contribution in [2.24, 2.45) is 0 Å². The van der Waals surface area contributed by atoms with E-state index >= 15 is 0 Å². The molecule has 1 aromatic heterocycles. The van der Waals surface area contributed by atoms with Crippen LogP contribution in [0.2, 0.25) is 0 Å². The molecule has 0 radical (unpaired) electrons. The lowest BCUT2D eigenvalue weighted by Gasteiger charge is -2.10. The molecule has 2 heterocycles. The molecule has 7 nitrogen and oxygen atoms in total. The molecule has 7 heteroatoms. The number of hydrogen-bond acceptors (Lipinski definition) is 6. The summed E-state index contributed by atoms with van der Waals surface area (Å²) < 4.78 is 15.9. The van der Waals surface area contributed by atoms with Crippen molar-refractivity contribution < 1.29 is 19.0 Å². The number of benzene rings is 2. The molecular weight excluding hydrogens is 334 g/mol. The summed E-state index contributed by atoms with van der Waals surface area (Å²) >= 11 is 0. The number of nitrogens with one attached hydrogen (secondary N) is 1. The van der Waals surface area contributed by atoms with Crippen molar-refractivity contribution in [2.45, 2.75) is 13.8 Å². The van der Waals surface area contributed by atoms with Crippen molar-refractivity contribution in [3.8, 4) is 17.4 Å². The second kappa shape index (κ2) is 6.18. The van der Waals surface area contributed by atoms with Crippen molar-refractivity contribution in [2.75, 3.05) is 19.2 Å². The van der Waals surface area contributed by atoms with Gasteiger partial charge in [-0.2, -0.15) is 0 Å². The zero-order valence-corrected chi connectivity index (χ0v) is 14.6. The molecule has 1 aliphatic heterocycles. The summed E-state index contributed by atoms with van der Waals surface area (Å²) in [6, 6.07) is 9.02. The first-order valence-electron chi connectivity index (χ1n) is 8.09. The highest BCUT2D eigenvalue weighted by Gasteiger charge is 2.20. The summed E-state index contributed by atoms with van der Waals surface area (Å²) in [5, 5.41) is 2.80. The molecule has 0 spiro atoms. The van der Waals surface area contributed by atoms with Gasteiger partial charge in [0.15, 0.2) is 17.2 Å². The number of carbonyl (C=O) groups is 1. The van der Waals surface area contributed by atoms with Crippen LogP contribution in [0.1, 0.15) is 21.6 Å². The van der Waals surface area contributed by atoms with Gasteiger partial charge in [-0.1, -0.05) is 0 Å². The van der Waals surface area contributed by atoms with Gasteiger partial charge in [0.05, 0.1) is 18.1 Å². The Bertz CT molecular complexity index is 1030. The molecule has 2 aromatic carbocycles. The number of nitrogens with zero attached hydrogens (tertiary/aromatic N) is 2. The smallest absolute Gasteiger partial charge is 0.279 e. The number of carbonyl (C=O) groups excluding carboxylic acids is 1. The van der Waals surface area contributed by atoms with Crippen LogP contribution in [0.4, 0.5) is 5.69 Å². The van der Waals surface area contributed by atoms with E-state index in [4.69, 9.17) is 14.2 Å². The maximum atomic E-state index is 12.7. The van der Waals surface area contributed by atoms with Crippen LogP contribution in [-0.2, 0) is 0 Å². The molecule has 1 amide bonds. The maximum absolute atomic E-state index is 12.7. The molecule has 1 aliphatic rings. The van der Waals surface area contributed by atoms with Crippen molar-refractivity contribution >= 4 is 22.6 Å². The van der Waals surface area contributed by atoms with E-state index in [1.165, 1.54) is 7.11 Å². The number of rotatable bonds is 3. The molecule has 0 unspecified atom stereocenters. The Balaban J connectivity index is 1.70. The molecule has 4 rings (SSSR count). The van der Waals surface area contributed by atoms with E-state index in [0.29, 0.717) is 28.2 Å². The molecule has 0 fully saturated rings. The fourth-order valence-corrected chi connectivity index (χ4v) is 2.75. The summed E-state index contributed by atoms with van der Waals surface area (Å²) in [5.74, 6) is 1.01. The first kappa shape index (κ1) is 16.1. The highest BCUT2D eigenvalue weighted by Crippen LogP contribution is 2.34. The van der Waals surface area contributed by atoms with E-state index in [1.54, 1.807) is 18.2 Å². The first-order valence-corrected chi connectivity index (χ1v) is 8.09. The van der Waals surface area contributed by atoms with Crippen LogP contribution in [-0.4, -0.2) is 29.8 Å². The van der Waals surface area contributed by atoms with Gasteiger partial charge in [-0.05, 0) is 49.2 Å². The van der Waals surface area contributed by atoms with E-state index in [0.717, 1.165) is 11.1 Å². The zero-order valence-electron chi connectivity index (χ0n) is 14.6.